The predicted octanol–water partition coefficient (Wildman–Crippen LogP) is 3.76. The number of hydrogen-bond donors (Lipinski definition) is 0. The molecule has 2 aromatic carbocycles. The lowest BCUT2D eigenvalue weighted by Gasteiger charge is -2.11. The number of rotatable bonds is 5. The number of amides is 1. The molecule has 3 aromatic rings. The number of nitrogens with zero attached hydrogens (tertiary/aromatic N) is 1. The van der Waals surface area contributed by atoms with Gasteiger partial charge >= 0.3 is 0 Å². The summed E-state index contributed by atoms with van der Waals surface area (Å²) in [7, 11) is 3.48. The summed E-state index contributed by atoms with van der Waals surface area (Å²) in [6.45, 7) is 0.556. The van der Waals surface area contributed by atoms with E-state index in [2.05, 4.69) is 0 Å². The molecule has 0 spiro atoms. The molecule has 4 nitrogen and oxygen atoms in total. The van der Waals surface area contributed by atoms with Crippen LogP contribution in [0.3, 0.4) is 0 Å². The van der Waals surface area contributed by atoms with Gasteiger partial charge in [-0.25, -0.2) is 0 Å². The SMILES string of the molecule is CN(C)C(=O)c1ccc(OCCc2cccc3ccoc23)cc1. The zero-order valence-electron chi connectivity index (χ0n) is 13.3. The second-order valence-electron chi connectivity index (χ2n) is 5.58. The molecule has 0 bridgehead atoms. The van der Waals surface area contributed by atoms with Crippen molar-refractivity contribution in [1.29, 1.82) is 0 Å². The zero-order chi connectivity index (χ0) is 16.2. The maximum atomic E-state index is 11.8. The topological polar surface area (TPSA) is 42.7 Å². The highest BCUT2D eigenvalue weighted by Crippen LogP contribution is 2.20. The molecule has 1 heterocycles. The highest BCUT2D eigenvalue weighted by Gasteiger charge is 2.08. The van der Waals surface area contributed by atoms with Crippen LogP contribution in [0.2, 0.25) is 0 Å². The Balaban J connectivity index is 1.60. The van der Waals surface area contributed by atoms with E-state index in [1.807, 2.05) is 36.4 Å². The number of carbonyl (C=O) groups excluding carboxylic acids is 1. The fourth-order valence-corrected chi connectivity index (χ4v) is 2.48. The first-order chi connectivity index (χ1) is 11.1. The van der Waals surface area contributed by atoms with Gasteiger partial charge in [-0.15, -0.1) is 0 Å². The molecule has 0 fully saturated rings. The summed E-state index contributed by atoms with van der Waals surface area (Å²) in [4.78, 5) is 13.4. The van der Waals surface area contributed by atoms with Crippen LogP contribution in [0, 0.1) is 0 Å². The molecule has 0 aliphatic heterocycles. The van der Waals surface area contributed by atoms with E-state index in [1.165, 1.54) is 0 Å². The highest BCUT2D eigenvalue weighted by atomic mass is 16.5. The first kappa shape index (κ1) is 15.2. The molecule has 23 heavy (non-hydrogen) atoms. The van der Waals surface area contributed by atoms with E-state index in [-0.39, 0.29) is 5.91 Å². The molecule has 0 unspecified atom stereocenters. The van der Waals surface area contributed by atoms with E-state index in [1.54, 1.807) is 37.4 Å². The van der Waals surface area contributed by atoms with Crippen LogP contribution in [0.25, 0.3) is 11.0 Å². The van der Waals surface area contributed by atoms with Crippen LogP contribution in [0.4, 0.5) is 0 Å². The Hall–Kier alpha value is -2.75. The molecule has 0 radical (unpaired) electrons. The van der Waals surface area contributed by atoms with Crippen LogP contribution >= 0.6 is 0 Å². The lowest BCUT2D eigenvalue weighted by Crippen LogP contribution is -2.21. The minimum atomic E-state index is -0.0129. The monoisotopic (exact) mass is 309 g/mol. The summed E-state index contributed by atoms with van der Waals surface area (Å²) in [5, 5.41) is 1.11. The fourth-order valence-electron chi connectivity index (χ4n) is 2.48. The normalized spacial score (nSPS) is 10.7. The highest BCUT2D eigenvalue weighted by molar-refractivity contribution is 5.93. The van der Waals surface area contributed by atoms with E-state index in [0.29, 0.717) is 12.2 Å². The lowest BCUT2D eigenvalue weighted by molar-refractivity contribution is 0.0827. The minimum Gasteiger partial charge on any atom is -0.493 e. The molecule has 0 saturated carbocycles. The van der Waals surface area contributed by atoms with Gasteiger partial charge in [0.2, 0.25) is 0 Å². The molecule has 1 aromatic heterocycles. The molecule has 0 atom stereocenters. The van der Waals surface area contributed by atoms with Crippen LogP contribution in [0.15, 0.2) is 59.2 Å². The number of hydrogen-bond acceptors (Lipinski definition) is 3. The lowest BCUT2D eigenvalue weighted by atomic mass is 10.1. The van der Waals surface area contributed by atoms with Gasteiger partial charge in [0.15, 0.2) is 0 Å². The van der Waals surface area contributed by atoms with E-state index in [9.17, 15) is 4.79 Å². The summed E-state index contributed by atoms with van der Waals surface area (Å²) >= 11 is 0. The average Bonchev–Trinajstić information content (AvgIpc) is 3.04. The summed E-state index contributed by atoms with van der Waals surface area (Å²) < 4.78 is 11.3. The number of ether oxygens (including phenoxy) is 1. The van der Waals surface area contributed by atoms with Gasteiger partial charge in [-0.05, 0) is 35.9 Å². The Bertz CT molecular complexity index is 803. The number of benzene rings is 2. The first-order valence-corrected chi connectivity index (χ1v) is 7.55. The maximum Gasteiger partial charge on any atom is 0.253 e. The van der Waals surface area contributed by atoms with Crippen molar-refractivity contribution in [1.82, 2.24) is 4.90 Å². The fraction of sp³-hybridized carbons (Fsp3) is 0.211. The summed E-state index contributed by atoms with van der Waals surface area (Å²) in [5.74, 6) is 0.743. The van der Waals surface area contributed by atoms with Crippen LogP contribution in [0.5, 0.6) is 5.75 Å². The van der Waals surface area contributed by atoms with Crippen molar-refractivity contribution in [2.45, 2.75) is 6.42 Å². The number of carbonyl (C=O) groups is 1. The van der Waals surface area contributed by atoms with Gasteiger partial charge in [0.25, 0.3) is 5.91 Å². The number of furan rings is 1. The predicted molar refractivity (Wildman–Crippen MR) is 89.9 cm³/mol. The second kappa shape index (κ2) is 6.57. The van der Waals surface area contributed by atoms with Gasteiger partial charge in [0.1, 0.15) is 11.3 Å². The second-order valence-corrected chi connectivity index (χ2v) is 5.58. The van der Waals surface area contributed by atoms with Gasteiger partial charge < -0.3 is 14.1 Å². The van der Waals surface area contributed by atoms with Crippen LogP contribution in [-0.4, -0.2) is 31.5 Å². The third kappa shape index (κ3) is 3.37. The van der Waals surface area contributed by atoms with E-state index >= 15 is 0 Å². The standard InChI is InChI=1S/C19H19NO3/c1-20(2)19(21)16-6-8-17(9-7-16)22-12-10-14-4-3-5-15-11-13-23-18(14)15/h3-9,11,13H,10,12H2,1-2H3. The van der Waals surface area contributed by atoms with Gasteiger partial charge in [0, 0.05) is 31.5 Å². The number of para-hydroxylation sites is 1. The molecule has 3 rings (SSSR count). The van der Waals surface area contributed by atoms with E-state index in [4.69, 9.17) is 9.15 Å². The Kier molecular flexibility index (Phi) is 4.33. The average molecular weight is 309 g/mol. The summed E-state index contributed by atoms with van der Waals surface area (Å²) in [6, 6.07) is 15.3. The minimum absolute atomic E-state index is 0.0129. The Morgan fingerprint density at radius 2 is 1.87 bits per heavy atom. The summed E-state index contributed by atoms with van der Waals surface area (Å²) in [6.07, 6.45) is 2.47. The van der Waals surface area contributed by atoms with Crippen molar-refractivity contribution in [3.63, 3.8) is 0 Å². The molecule has 0 aliphatic carbocycles. The number of fused-ring (bicyclic) bond motifs is 1. The molecular formula is C19H19NO3. The van der Waals surface area contributed by atoms with Crippen molar-refractivity contribution < 1.29 is 13.9 Å². The third-order valence-corrected chi connectivity index (χ3v) is 3.71. The van der Waals surface area contributed by atoms with E-state index < -0.39 is 0 Å². The molecule has 118 valence electrons. The van der Waals surface area contributed by atoms with E-state index in [0.717, 1.165) is 28.7 Å². The quantitative estimate of drug-likeness (QED) is 0.721. The molecule has 4 heteroatoms. The Labute approximate surface area is 135 Å². The van der Waals surface area contributed by atoms with Crippen molar-refractivity contribution >= 4 is 16.9 Å². The maximum absolute atomic E-state index is 11.8. The van der Waals surface area contributed by atoms with Crippen molar-refractivity contribution in [3.05, 3.63) is 65.9 Å². The zero-order valence-corrected chi connectivity index (χ0v) is 13.3. The Morgan fingerprint density at radius 1 is 1.09 bits per heavy atom. The van der Waals surface area contributed by atoms with Gasteiger partial charge in [-0.3, -0.25) is 4.79 Å². The van der Waals surface area contributed by atoms with Crippen LogP contribution in [-0.2, 0) is 6.42 Å². The van der Waals surface area contributed by atoms with Crippen molar-refractivity contribution in [2.24, 2.45) is 0 Å². The van der Waals surface area contributed by atoms with Gasteiger partial charge in [-0.1, -0.05) is 18.2 Å². The smallest absolute Gasteiger partial charge is 0.253 e. The molecular weight excluding hydrogens is 290 g/mol. The molecule has 0 saturated heterocycles. The molecule has 1 amide bonds. The van der Waals surface area contributed by atoms with Crippen LogP contribution < -0.4 is 4.74 Å². The molecule has 0 N–H and O–H groups in total. The summed E-state index contributed by atoms with van der Waals surface area (Å²) in [5.41, 5.74) is 2.71. The first-order valence-electron chi connectivity index (χ1n) is 7.55. The third-order valence-electron chi connectivity index (χ3n) is 3.71. The van der Waals surface area contributed by atoms with Crippen molar-refractivity contribution in [2.75, 3.05) is 20.7 Å². The van der Waals surface area contributed by atoms with Gasteiger partial charge in [-0.2, -0.15) is 0 Å². The van der Waals surface area contributed by atoms with Gasteiger partial charge in [0.05, 0.1) is 12.9 Å². The van der Waals surface area contributed by atoms with Crippen LogP contribution in [0.1, 0.15) is 15.9 Å². The largest absolute Gasteiger partial charge is 0.493 e. The van der Waals surface area contributed by atoms with Crippen molar-refractivity contribution in [3.8, 4) is 5.75 Å². The molecule has 0 aliphatic rings. The Morgan fingerprint density at radius 3 is 2.61 bits per heavy atom.